The molecule has 2 rings (SSSR count). The Morgan fingerprint density at radius 2 is 2.21 bits per heavy atom. The fourth-order valence-electron chi connectivity index (χ4n) is 2.49. The van der Waals surface area contributed by atoms with Gasteiger partial charge in [-0.2, -0.15) is 5.10 Å². The van der Waals surface area contributed by atoms with Crippen LogP contribution >= 0.6 is 11.6 Å². The molecule has 1 aliphatic rings. The quantitative estimate of drug-likeness (QED) is 0.798. The van der Waals surface area contributed by atoms with Crippen molar-refractivity contribution in [3.05, 3.63) is 16.4 Å². The predicted octanol–water partition coefficient (Wildman–Crippen LogP) is 2.77. The number of rotatable bonds is 8. The van der Waals surface area contributed by atoms with E-state index < -0.39 is 0 Å². The van der Waals surface area contributed by atoms with E-state index in [9.17, 15) is 0 Å². The van der Waals surface area contributed by atoms with Gasteiger partial charge in [-0.25, -0.2) is 0 Å². The standard InChI is InChI=1S/C14H24ClN3O/c1-4-18-12(13(15)11(2)17-18)9-16-10-14(5-6-14)7-8-19-3/h16H,4-10H2,1-3H3. The second-order valence-electron chi connectivity index (χ2n) is 5.51. The molecule has 19 heavy (non-hydrogen) atoms. The van der Waals surface area contributed by atoms with Crippen molar-refractivity contribution < 1.29 is 4.74 Å². The average molecular weight is 286 g/mol. The zero-order chi connectivity index (χ0) is 13.9. The van der Waals surface area contributed by atoms with Crippen molar-refractivity contribution in [2.45, 2.75) is 46.2 Å². The Morgan fingerprint density at radius 3 is 2.79 bits per heavy atom. The number of aromatic nitrogens is 2. The zero-order valence-corrected chi connectivity index (χ0v) is 12.9. The van der Waals surface area contributed by atoms with Crippen molar-refractivity contribution in [3.63, 3.8) is 0 Å². The van der Waals surface area contributed by atoms with E-state index in [1.807, 2.05) is 11.6 Å². The summed E-state index contributed by atoms with van der Waals surface area (Å²) < 4.78 is 7.16. The van der Waals surface area contributed by atoms with E-state index in [-0.39, 0.29) is 0 Å². The summed E-state index contributed by atoms with van der Waals surface area (Å²) in [6.45, 7) is 7.60. The van der Waals surface area contributed by atoms with Gasteiger partial charge in [0, 0.05) is 33.4 Å². The van der Waals surface area contributed by atoms with Gasteiger partial charge in [0.25, 0.3) is 0 Å². The van der Waals surface area contributed by atoms with E-state index in [0.29, 0.717) is 5.41 Å². The summed E-state index contributed by atoms with van der Waals surface area (Å²) in [5.74, 6) is 0. The maximum atomic E-state index is 6.30. The monoisotopic (exact) mass is 285 g/mol. The molecule has 0 spiro atoms. The van der Waals surface area contributed by atoms with Crippen molar-refractivity contribution in [2.75, 3.05) is 20.3 Å². The molecule has 5 heteroatoms. The van der Waals surface area contributed by atoms with Crippen LogP contribution in [0.15, 0.2) is 0 Å². The molecule has 1 fully saturated rings. The first kappa shape index (κ1) is 14.8. The second-order valence-corrected chi connectivity index (χ2v) is 5.89. The molecular formula is C14H24ClN3O. The highest BCUT2D eigenvalue weighted by Crippen LogP contribution is 2.48. The first-order valence-corrected chi connectivity index (χ1v) is 7.41. The Morgan fingerprint density at radius 1 is 1.47 bits per heavy atom. The number of nitrogens with one attached hydrogen (secondary N) is 1. The molecule has 1 aromatic heterocycles. The number of halogens is 1. The van der Waals surface area contributed by atoms with Crippen LogP contribution in [-0.2, 0) is 17.8 Å². The van der Waals surface area contributed by atoms with Crippen molar-refractivity contribution >= 4 is 11.6 Å². The fraction of sp³-hybridized carbons (Fsp3) is 0.786. The van der Waals surface area contributed by atoms with Gasteiger partial charge in [-0.15, -0.1) is 0 Å². The van der Waals surface area contributed by atoms with Crippen molar-refractivity contribution in [2.24, 2.45) is 5.41 Å². The summed E-state index contributed by atoms with van der Waals surface area (Å²) in [7, 11) is 1.77. The molecule has 1 saturated carbocycles. The number of methoxy groups -OCH3 is 1. The van der Waals surface area contributed by atoms with Gasteiger partial charge in [-0.05, 0) is 38.5 Å². The van der Waals surface area contributed by atoms with Gasteiger partial charge in [-0.3, -0.25) is 4.68 Å². The zero-order valence-electron chi connectivity index (χ0n) is 12.1. The largest absolute Gasteiger partial charge is 0.385 e. The topological polar surface area (TPSA) is 39.1 Å². The molecule has 0 aromatic carbocycles. The highest BCUT2D eigenvalue weighted by atomic mass is 35.5. The van der Waals surface area contributed by atoms with E-state index in [0.717, 1.165) is 49.1 Å². The van der Waals surface area contributed by atoms with Gasteiger partial charge < -0.3 is 10.1 Å². The summed E-state index contributed by atoms with van der Waals surface area (Å²) in [6, 6.07) is 0. The van der Waals surface area contributed by atoms with E-state index in [1.165, 1.54) is 12.8 Å². The SMILES string of the molecule is CCn1nc(C)c(Cl)c1CNCC1(CCOC)CC1. The van der Waals surface area contributed by atoms with E-state index in [2.05, 4.69) is 17.3 Å². The first-order valence-electron chi connectivity index (χ1n) is 7.03. The molecule has 0 radical (unpaired) electrons. The van der Waals surface area contributed by atoms with E-state index in [1.54, 1.807) is 7.11 Å². The lowest BCUT2D eigenvalue weighted by Gasteiger charge is -2.16. The molecule has 0 amide bonds. The molecule has 0 atom stereocenters. The third-order valence-electron chi connectivity index (χ3n) is 4.04. The lowest BCUT2D eigenvalue weighted by molar-refractivity contribution is 0.171. The Kier molecular flexibility index (Phi) is 4.87. The number of ether oxygens (including phenoxy) is 1. The van der Waals surface area contributed by atoms with Gasteiger partial charge >= 0.3 is 0 Å². The lowest BCUT2D eigenvalue weighted by atomic mass is 10.0. The lowest BCUT2D eigenvalue weighted by Crippen LogP contribution is -2.26. The highest BCUT2D eigenvalue weighted by molar-refractivity contribution is 6.31. The minimum absolute atomic E-state index is 0.467. The minimum atomic E-state index is 0.467. The van der Waals surface area contributed by atoms with Crippen molar-refractivity contribution in [1.29, 1.82) is 0 Å². The molecule has 0 unspecified atom stereocenters. The molecule has 1 aliphatic carbocycles. The minimum Gasteiger partial charge on any atom is -0.385 e. The van der Waals surface area contributed by atoms with Crippen LogP contribution in [0.25, 0.3) is 0 Å². The second kappa shape index (κ2) is 6.25. The number of nitrogens with zero attached hydrogens (tertiary/aromatic N) is 2. The van der Waals surface area contributed by atoms with Crippen LogP contribution in [0.2, 0.25) is 5.02 Å². The fourth-order valence-corrected chi connectivity index (χ4v) is 2.70. The summed E-state index contributed by atoms with van der Waals surface area (Å²) in [4.78, 5) is 0. The average Bonchev–Trinajstić information content (AvgIpc) is 3.13. The molecule has 108 valence electrons. The Bertz CT molecular complexity index is 427. The van der Waals surface area contributed by atoms with E-state index in [4.69, 9.17) is 16.3 Å². The number of aryl methyl sites for hydroxylation is 2. The molecule has 0 aliphatic heterocycles. The first-order chi connectivity index (χ1) is 9.12. The van der Waals surface area contributed by atoms with Crippen molar-refractivity contribution in [3.8, 4) is 0 Å². The maximum absolute atomic E-state index is 6.30. The normalized spacial score (nSPS) is 16.8. The smallest absolute Gasteiger partial charge is 0.0860 e. The van der Waals surface area contributed by atoms with Gasteiger partial charge in [0.2, 0.25) is 0 Å². The molecule has 0 bridgehead atoms. The van der Waals surface area contributed by atoms with Crippen LogP contribution in [0.4, 0.5) is 0 Å². The molecular weight excluding hydrogens is 262 g/mol. The molecule has 1 N–H and O–H groups in total. The van der Waals surface area contributed by atoms with E-state index >= 15 is 0 Å². The van der Waals surface area contributed by atoms with Gasteiger partial charge in [0.05, 0.1) is 16.4 Å². The Labute approximate surface area is 120 Å². The van der Waals surface area contributed by atoms with Crippen LogP contribution in [0.5, 0.6) is 0 Å². The summed E-state index contributed by atoms with van der Waals surface area (Å²) in [6.07, 6.45) is 3.77. The summed E-state index contributed by atoms with van der Waals surface area (Å²) in [5, 5.41) is 8.78. The maximum Gasteiger partial charge on any atom is 0.0860 e. The van der Waals surface area contributed by atoms with Crippen LogP contribution in [0, 0.1) is 12.3 Å². The molecule has 4 nitrogen and oxygen atoms in total. The Hall–Kier alpha value is -0.580. The number of hydrogen-bond donors (Lipinski definition) is 1. The van der Waals surface area contributed by atoms with Crippen LogP contribution in [0.3, 0.4) is 0 Å². The Balaban J connectivity index is 1.86. The molecule has 0 saturated heterocycles. The van der Waals surface area contributed by atoms with Crippen LogP contribution in [-0.4, -0.2) is 30.0 Å². The van der Waals surface area contributed by atoms with Crippen LogP contribution in [0.1, 0.15) is 37.6 Å². The van der Waals surface area contributed by atoms with Gasteiger partial charge in [0.15, 0.2) is 0 Å². The summed E-state index contributed by atoms with van der Waals surface area (Å²) >= 11 is 6.30. The van der Waals surface area contributed by atoms with Gasteiger partial charge in [0.1, 0.15) is 0 Å². The van der Waals surface area contributed by atoms with Gasteiger partial charge in [-0.1, -0.05) is 11.6 Å². The summed E-state index contributed by atoms with van der Waals surface area (Å²) in [5.41, 5.74) is 2.49. The highest BCUT2D eigenvalue weighted by Gasteiger charge is 2.41. The third kappa shape index (κ3) is 3.50. The molecule has 1 heterocycles. The van der Waals surface area contributed by atoms with Crippen molar-refractivity contribution in [1.82, 2.24) is 15.1 Å². The molecule has 1 aromatic rings. The number of hydrogen-bond acceptors (Lipinski definition) is 3. The predicted molar refractivity (Wildman–Crippen MR) is 77.5 cm³/mol. The van der Waals surface area contributed by atoms with Crippen LogP contribution < -0.4 is 5.32 Å². The third-order valence-corrected chi connectivity index (χ3v) is 4.53.